The van der Waals surface area contributed by atoms with E-state index in [9.17, 15) is 5.21 Å². The normalized spacial score (nSPS) is 8.11. The summed E-state index contributed by atoms with van der Waals surface area (Å²) in [6, 6.07) is 5.06. The second-order valence-corrected chi connectivity index (χ2v) is 1.84. The van der Waals surface area contributed by atoms with Crippen molar-refractivity contribution in [3.05, 3.63) is 29.6 Å². The van der Waals surface area contributed by atoms with Gasteiger partial charge in [-0.1, -0.05) is 12.6 Å². The summed E-state index contributed by atoms with van der Waals surface area (Å²) in [6.07, 6.45) is 1.41. The van der Waals surface area contributed by atoms with Crippen LogP contribution >= 0.6 is 12.6 Å². The Morgan fingerprint density at radius 1 is 1.44 bits per heavy atom. The van der Waals surface area contributed by atoms with Crippen LogP contribution in [-0.4, -0.2) is 0 Å². The maximum atomic E-state index is 10.5. The summed E-state index contributed by atoms with van der Waals surface area (Å²) in [7, 11) is 0. The van der Waals surface area contributed by atoms with Crippen LogP contribution in [0.1, 0.15) is 0 Å². The van der Waals surface area contributed by atoms with Crippen molar-refractivity contribution >= 4 is 12.6 Å². The SMILES string of the molecule is [Cu].[O-][n+]1ccccc1S. The summed E-state index contributed by atoms with van der Waals surface area (Å²) in [5.74, 6) is 0. The third kappa shape index (κ3) is 2.26. The Kier molecular flexibility index (Phi) is 3.70. The van der Waals surface area contributed by atoms with Gasteiger partial charge in [-0.25, -0.2) is 0 Å². The largest absolute Gasteiger partial charge is 0.618 e. The Morgan fingerprint density at radius 3 is 2.44 bits per heavy atom. The van der Waals surface area contributed by atoms with Crippen LogP contribution in [0.25, 0.3) is 0 Å². The minimum absolute atomic E-state index is 0. The monoisotopic (exact) mass is 190 g/mol. The van der Waals surface area contributed by atoms with Crippen molar-refractivity contribution < 1.29 is 21.8 Å². The second-order valence-electron chi connectivity index (χ2n) is 1.38. The van der Waals surface area contributed by atoms with Crippen LogP contribution in [0.5, 0.6) is 0 Å². The van der Waals surface area contributed by atoms with Crippen LogP contribution in [0.3, 0.4) is 0 Å². The molecule has 53 valence electrons. The van der Waals surface area contributed by atoms with E-state index in [-0.39, 0.29) is 17.1 Å². The van der Waals surface area contributed by atoms with Crippen molar-refractivity contribution in [3.63, 3.8) is 0 Å². The van der Waals surface area contributed by atoms with Crippen molar-refractivity contribution in [2.75, 3.05) is 0 Å². The topological polar surface area (TPSA) is 26.9 Å². The maximum Gasteiger partial charge on any atom is 0.248 e. The molecule has 0 aliphatic heterocycles. The van der Waals surface area contributed by atoms with Gasteiger partial charge in [-0.2, -0.15) is 4.73 Å². The maximum absolute atomic E-state index is 10.5. The summed E-state index contributed by atoms with van der Waals surface area (Å²) < 4.78 is 0.698. The first-order valence-electron chi connectivity index (χ1n) is 2.18. The van der Waals surface area contributed by atoms with Gasteiger partial charge in [0.1, 0.15) is 0 Å². The number of nitrogens with zero attached hydrogens (tertiary/aromatic N) is 1. The second kappa shape index (κ2) is 3.77. The molecule has 0 aliphatic carbocycles. The van der Waals surface area contributed by atoms with Crippen molar-refractivity contribution in [1.29, 1.82) is 0 Å². The van der Waals surface area contributed by atoms with Gasteiger partial charge in [0, 0.05) is 29.2 Å². The summed E-state index contributed by atoms with van der Waals surface area (Å²) >= 11 is 3.85. The molecule has 0 saturated heterocycles. The standard InChI is InChI=1S/C5H5NOS.Cu/c7-6-4-2-1-3-5(6)8;/h1-4,8H;. The van der Waals surface area contributed by atoms with Gasteiger partial charge in [-0.15, -0.1) is 0 Å². The van der Waals surface area contributed by atoms with E-state index >= 15 is 0 Å². The summed E-state index contributed by atoms with van der Waals surface area (Å²) in [5.41, 5.74) is 0. The van der Waals surface area contributed by atoms with Crippen molar-refractivity contribution in [3.8, 4) is 0 Å². The Labute approximate surface area is 69.4 Å². The number of thiol groups is 1. The smallest absolute Gasteiger partial charge is 0.248 e. The Morgan fingerprint density at radius 2 is 2.11 bits per heavy atom. The molecule has 9 heavy (non-hydrogen) atoms. The van der Waals surface area contributed by atoms with Crippen LogP contribution in [-0.2, 0) is 17.1 Å². The molecule has 0 saturated carbocycles. The zero-order valence-corrected chi connectivity index (χ0v) is 6.25. The van der Waals surface area contributed by atoms with E-state index in [1.54, 1.807) is 18.2 Å². The molecule has 0 unspecified atom stereocenters. The average molecular weight is 191 g/mol. The van der Waals surface area contributed by atoms with E-state index in [4.69, 9.17) is 0 Å². The summed E-state index contributed by atoms with van der Waals surface area (Å²) in [5, 5.41) is 10.9. The molecule has 4 heteroatoms. The number of rotatable bonds is 0. The van der Waals surface area contributed by atoms with Crippen LogP contribution in [0.15, 0.2) is 29.4 Å². The van der Waals surface area contributed by atoms with Gasteiger partial charge in [-0.3, -0.25) is 0 Å². The van der Waals surface area contributed by atoms with Crippen molar-refractivity contribution in [2.45, 2.75) is 5.03 Å². The first-order chi connectivity index (χ1) is 3.80. The molecular formula is C5H5CuNOS. The van der Waals surface area contributed by atoms with Gasteiger partial charge >= 0.3 is 0 Å². The molecule has 0 aliphatic rings. The third-order valence-corrected chi connectivity index (χ3v) is 1.15. The fraction of sp³-hybridized carbons (Fsp3) is 0. The van der Waals surface area contributed by atoms with E-state index in [1.807, 2.05) is 0 Å². The van der Waals surface area contributed by atoms with Crippen LogP contribution in [0.2, 0.25) is 0 Å². The molecule has 1 aromatic heterocycles. The Balaban J connectivity index is 0.000000640. The van der Waals surface area contributed by atoms with Gasteiger partial charge in [0.05, 0.1) is 0 Å². The summed E-state index contributed by atoms with van der Waals surface area (Å²) in [4.78, 5) is 0. The third-order valence-electron chi connectivity index (χ3n) is 0.804. The quantitative estimate of drug-likeness (QED) is 0.276. The number of aromatic nitrogens is 1. The molecule has 0 fully saturated rings. The first kappa shape index (κ1) is 8.82. The average Bonchev–Trinajstić information content (AvgIpc) is 1.77. The Bertz CT molecular complexity index is 173. The number of hydrogen-bond donors (Lipinski definition) is 1. The zero-order valence-electron chi connectivity index (χ0n) is 4.41. The molecule has 1 radical (unpaired) electrons. The fourth-order valence-electron chi connectivity index (χ4n) is 0.419. The van der Waals surface area contributed by atoms with Gasteiger partial charge in [0.15, 0.2) is 6.20 Å². The molecule has 1 heterocycles. The summed E-state index contributed by atoms with van der Waals surface area (Å²) in [6.45, 7) is 0. The number of hydrogen-bond acceptors (Lipinski definition) is 2. The number of pyridine rings is 1. The molecule has 0 amide bonds. The molecule has 0 atom stereocenters. The molecule has 1 rings (SSSR count). The van der Waals surface area contributed by atoms with Crippen LogP contribution in [0, 0.1) is 5.21 Å². The van der Waals surface area contributed by atoms with Crippen molar-refractivity contribution in [1.82, 2.24) is 0 Å². The fourth-order valence-corrected chi connectivity index (χ4v) is 0.572. The molecule has 1 aromatic rings. The molecule has 0 aromatic carbocycles. The first-order valence-corrected chi connectivity index (χ1v) is 2.62. The van der Waals surface area contributed by atoms with E-state index in [1.165, 1.54) is 6.20 Å². The molecule has 0 spiro atoms. The van der Waals surface area contributed by atoms with Crippen molar-refractivity contribution in [2.24, 2.45) is 0 Å². The van der Waals surface area contributed by atoms with Gasteiger partial charge < -0.3 is 5.21 Å². The van der Waals surface area contributed by atoms with E-state index in [2.05, 4.69) is 12.6 Å². The molecule has 0 bridgehead atoms. The minimum Gasteiger partial charge on any atom is -0.618 e. The molecule has 2 nitrogen and oxygen atoms in total. The van der Waals surface area contributed by atoms with Gasteiger partial charge in [0.2, 0.25) is 5.03 Å². The predicted octanol–water partition coefficient (Wildman–Crippen LogP) is 0.606. The molecule has 0 N–H and O–H groups in total. The minimum atomic E-state index is 0. The van der Waals surface area contributed by atoms with Crippen LogP contribution in [0.4, 0.5) is 0 Å². The predicted molar refractivity (Wildman–Crippen MR) is 32.7 cm³/mol. The Hall–Kier alpha value is -0.181. The molecular weight excluding hydrogens is 186 g/mol. The van der Waals surface area contributed by atoms with E-state index < -0.39 is 0 Å². The van der Waals surface area contributed by atoms with E-state index in [0.29, 0.717) is 9.76 Å². The zero-order chi connectivity index (χ0) is 5.98. The van der Waals surface area contributed by atoms with E-state index in [0.717, 1.165) is 0 Å². The van der Waals surface area contributed by atoms with Crippen LogP contribution < -0.4 is 4.73 Å². The van der Waals surface area contributed by atoms with Gasteiger partial charge in [0.25, 0.3) is 0 Å². The van der Waals surface area contributed by atoms with Gasteiger partial charge in [-0.05, 0) is 6.07 Å².